The van der Waals surface area contributed by atoms with E-state index in [1.54, 1.807) is 4.90 Å². The van der Waals surface area contributed by atoms with Crippen LogP contribution in [0.3, 0.4) is 0 Å². The zero-order chi connectivity index (χ0) is 25.8. The largest absolute Gasteiger partial charge is 0.489 e. The summed E-state index contributed by atoms with van der Waals surface area (Å²) in [6, 6.07) is 16.0. The summed E-state index contributed by atoms with van der Waals surface area (Å²) in [7, 11) is 0. The van der Waals surface area contributed by atoms with Gasteiger partial charge in [0.2, 0.25) is 11.8 Å². The Hall–Kier alpha value is -3.78. The van der Waals surface area contributed by atoms with Crippen molar-refractivity contribution in [3.05, 3.63) is 71.4 Å². The lowest BCUT2D eigenvalue weighted by Gasteiger charge is -2.45. The maximum Gasteiger partial charge on any atom is 0.255 e. The molecule has 3 fully saturated rings. The van der Waals surface area contributed by atoms with Crippen LogP contribution in [0.2, 0.25) is 0 Å². The monoisotopic (exact) mass is 510 g/mol. The smallest absolute Gasteiger partial charge is 0.255 e. The predicted octanol–water partition coefficient (Wildman–Crippen LogP) is 3.40. The van der Waals surface area contributed by atoms with Crippen LogP contribution in [-0.2, 0) is 16.1 Å². The summed E-state index contributed by atoms with van der Waals surface area (Å²) in [5.74, 6) is 0.458. The molecule has 1 aromatic heterocycles. The van der Waals surface area contributed by atoms with Crippen molar-refractivity contribution >= 4 is 28.6 Å². The average molecular weight is 511 g/mol. The molecule has 0 bridgehead atoms. The minimum atomic E-state index is -0.604. The van der Waals surface area contributed by atoms with Crippen molar-refractivity contribution in [3.8, 4) is 5.75 Å². The second kappa shape index (κ2) is 9.20. The van der Waals surface area contributed by atoms with Crippen LogP contribution in [0.15, 0.2) is 54.7 Å². The van der Waals surface area contributed by atoms with Crippen LogP contribution >= 0.6 is 0 Å². The van der Waals surface area contributed by atoms with E-state index in [0.717, 1.165) is 49.2 Å². The summed E-state index contributed by atoms with van der Waals surface area (Å²) < 4.78 is 6.53. The molecule has 38 heavy (non-hydrogen) atoms. The van der Waals surface area contributed by atoms with Crippen LogP contribution in [0.5, 0.6) is 5.75 Å². The Labute approximate surface area is 221 Å². The molecule has 2 aromatic carbocycles. The topological polar surface area (TPSA) is 91.8 Å². The van der Waals surface area contributed by atoms with Gasteiger partial charge >= 0.3 is 0 Å². The van der Waals surface area contributed by atoms with Gasteiger partial charge in [0.25, 0.3) is 5.91 Å². The van der Waals surface area contributed by atoms with Gasteiger partial charge in [-0.1, -0.05) is 18.2 Å². The number of hydrogen-bond acceptors (Lipinski definition) is 6. The van der Waals surface area contributed by atoms with Crippen molar-refractivity contribution in [2.45, 2.75) is 62.8 Å². The van der Waals surface area contributed by atoms with E-state index in [1.165, 1.54) is 10.9 Å². The second-order valence-electron chi connectivity index (χ2n) is 10.9. The number of amides is 3. The molecule has 3 aliphatic heterocycles. The molecule has 2 saturated heterocycles. The highest BCUT2D eigenvalue weighted by atomic mass is 16.5. The minimum Gasteiger partial charge on any atom is -0.489 e. The van der Waals surface area contributed by atoms with Gasteiger partial charge in [0, 0.05) is 55.2 Å². The number of aromatic nitrogens is 1. The Morgan fingerprint density at radius 3 is 2.71 bits per heavy atom. The summed E-state index contributed by atoms with van der Waals surface area (Å²) in [6.45, 7) is 2.41. The maximum atomic E-state index is 13.0. The molecule has 1 saturated carbocycles. The van der Waals surface area contributed by atoms with E-state index < -0.39 is 6.04 Å². The van der Waals surface area contributed by atoms with Crippen molar-refractivity contribution in [1.82, 2.24) is 20.1 Å². The first kappa shape index (κ1) is 23.3. The number of benzene rings is 2. The van der Waals surface area contributed by atoms with Crippen LogP contribution in [0.4, 0.5) is 0 Å². The average Bonchev–Trinajstić information content (AvgIpc) is 3.47. The first-order valence-corrected chi connectivity index (χ1v) is 13.6. The number of carbonyl (C=O) groups is 3. The third kappa shape index (κ3) is 3.95. The van der Waals surface area contributed by atoms with E-state index in [2.05, 4.69) is 39.5 Å². The Bertz CT molecular complexity index is 1440. The molecule has 1 N–H and O–H groups in total. The number of rotatable bonds is 5. The fourth-order valence-electron chi connectivity index (χ4n) is 6.71. The second-order valence-corrected chi connectivity index (χ2v) is 10.9. The van der Waals surface area contributed by atoms with E-state index in [-0.39, 0.29) is 30.2 Å². The molecular formula is C30H30N4O4. The number of para-hydroxylation sites is 1. The van der Waals surface area contributed by atoms with Gasteiger partial charge in [0.05, 0.1) is 5.52 Å². The summed E-state index contributed by atoms with van der Waals surface area (Å²) in [6.07, 6.45) is 5.94. The highest BCUT2D eigenvalue weighted by Crippen LogP contribution is 2.38. The molecule has 1 unspecified atom stereocenters. The van der Waals surface area contributed by atoms with Gasteiger partial charge in [-0.3, -0.25) is 29.6 Å². The number of fused-ring (bicyclic) bond motifs is 2. The van der Waals surface area contributed by atoms with Crippen LogP contribution in [-0.4, -0.2) is 63.8 Å². The Morgan fingerprint density at radius 2 is 1.84 bits per heavy atom. The number of nitrogens with zero attached hydrogens (tertiary/aromatic N) is 3. The third-order valence-electron chi connectivity index (χ3n) is 8.70. The third-order valence-corrected chi connectivity index (χ3v) is 8.70. The summed E-state index contributed by atoms with van der Waals surface area (Å²) in [4.78, 5) is 45.5. The number of carbonyl (C=O) groups excluding carboxylic acids is 3. The molecule has 8 nitrogen and oxygen atoms in total. The lowest BCUT2D eigenvalue weighted by molar-refractivity contribution is -0.136. The summed E-state index contributed by atoms with van der Waals surface area (Å²) in [5, 5.41) is 3.61. The highest BCUT2D eigenvalue weighted by Gasteiger charge is 2.42. The fraction of sp³-hybridized carbons (Fsp3) is 0.400. The van der Waals surface area contributed by atoms with Crippen molar-refractivity contribution < 1.29 is 19.1 Å². The van der Waals surface area contributed by atoms with Gasteiger partial charge < -0.3 is 9.64 Å². The number of nitrogens with one attached hydrogen (secondary N) is 1. The quantitative estimate of drug-likeness (QED) is 0.529. The number of likely N-dealkylation sites (tertiary alicyclic amines) is 1. The number of imide groups is 1. The molecule has 8 heteroatoms. The molecule has 4 aliphatic rings. The van der Waals surface area contributed by atoms with Gasteiger partial charge in [-0.05, 0) is 67.1 Å². The Morgan fingerprint density at radius 1 is 0.974 bits per heavy atom. The molecule has 3 atom stereocenters. The number of piperidine rings is 1. The zero-order valence-corrected chi connectivity index (χ0v) is 21.1. The lowest BCUT2D eigenvalue weighted by atomic mass is 9.87. The molecule has 1 aliphatic carbocycles. The number of ether oxygens (including phenoxy) is 1. The molecule has 7 rings (SSSR count). The van der Waals surface area contributed by atoms with E-state index >= 15 is 0 Å². The lowest BCUT2D eigenvalue weighted by Crippen LogP contribution is -2.54. The normalized spacial score (nSPS) is 25.9. The molecule has 3 amide bonds. The Kier molecular flexibility index (Phi) is 5.65. The first-order chi connectivity index (χ1) is 18.5. The van der Waals surface area contributed by atoms with Gasteiger partial charge in [0.15, 0.2) is 0 Å². The van der Waals surface area contributed by atoms with Gasteiger partial charge in [-0.25, -0.2) is 0 Å². The minimum absolute atomic E-state index is 0.117. The summed E-state index contributed by atoms with van der Waals surface area (Å²) >= 11 is 0. The maximum absolute atomic E-state index is 13.0. The van der Waals surface area contributed by atoms with Gasteiger partial charge in [-0.2, -0.15) is 0 Å². The fourth-order valence-corrected chi connectivity index (χ4v) is 6.71. The van der Waals surface area contributed by atoms with Crippen LogP contribution in [0, 0.1) is 0 Å². The molecular weight excluding hydrogens is 480 g/mol. The SMILES string of the molecule is O=C1CCC(N2Cc3cc(O[C@H]4CCC[C@H]4N4CC(c5ccnc6ccccc56)C4)ccc3C2=O)C(=O)N1. The van der Waals surface area contributed by atoms with E-state index in [9.17, 15) is 14.4 Å². The Balaban J connectivity index is 1.02. The summed E-state index contributed by atoms with van der Waals surface area (Å²) in [5.41, 5.74) is 3.92. The first-order valence-electron chi connectivity index (χ1n) is 13.6. The van der Waals surface area contributed by atoms with Crippen molar-refractivity contribution in [3.63, 3.8) is 0 Å². The van der Waals surface area contributed by atoms with E-state index in [0.29, 0.717) is 30.5 Å². The molecule has 4 heterocycles. The standard InChI is InChI=1S/C30H30N4O4/c35-28-11-10-26(29(36)32-28)34-17-18-14-20(8-9-22(18)30(34)37)38-27-7-3-6-25(27)33-15-19(16-33)21-12-13-31-24-5-2-1-4-23(21)24/h1-2,4-5,8-9,12-14,19,25-27H,3,6-7,10-11,15-17H2,(H,32,35,36)/t25-,26?,27+/m1/s1. The van der Waals surface area contributed by atoms with Crippen molar-refractivity contribution in [1.29, 1.82) is 0 Å². The molecule has 0 spiro atoms. The van der Waals surface area contributed by atoms with Crippen LogP contribution < -0.4 is 10.1 Å². The highest BCUT2D eigenvalue weighted by molar-refractivity contribution is 6.05. The number of hydrogen-bond donors (Lipinski definition) is 1. The number of pyridine rings is 1. The predicted molar refractivity (Wildman–Crippen MR) is 141 cm³/mol. The molecule has 3 aromatic rings. The molecule has 0 radical (unpaired) electrons. The van der Waals surface area contributed by atoms with Crippen molar-refractivity contribution in [2.24, 2.45) is 0 Å². The van der Waals surface area contributed by atoms with E-state index in [4.69, 9.17) is 4.74 Å². The van der Waals surface area contributed by atoms with Crippen LogP contribution in [0.25, 0.3) is 10.9 Å². The van der Waals surface area contributed by atoms with Gasteiger partial charge in [0.1, 0.15) is 17.9 Å². The van der Waals surface area contributed by atoms with Gasteiger partial charge in [-0.15, -0.1) is 0 Å². The molecule has 194 valence electrons. The van der Waals surface area contributed by atoms with E-state index in [1.807, 2.05) is 30.5 Å². The van der Waals surface area contributed by atoms with Crippen molar-refractivity contribution in [2.75, 3.05) is 13.1 Å². The zero-order valence-electron chi connectivity index (χ0n) is 21.1. The van der Waals surface area contributed by atoms with Crippen LogP contribution in [0.1, 0.15) is 59.5 Å².